The van der Waals surface area contributed by atoms with Gasteiger partial charge in [-0.25, -0.2) is 0 Å². The van der Waals surface area contributed by atoms with Crippen LogP contribution in [0, 0.1) is 0 Å². The molecule has 0 aliphatic heterocycles. The fourth-order valence-corrected chi connectivity index (χ4v) is 1.74. The minimum Gasteiger partial charge on any atom is -0.360 e. The Bertz CT molecular complexity index is 461. The lowest BCUT2D eigenvalue weighted by atomic mass is 10.1. The van der Waals surface area contributed by atoms with Crippen LogP contribution in [0.3, 0.4) is 0 Å². The molecule has 72 valence electrons. The summed E-state index contributed by atoms with van der Waals surface area (Å²) in [6, 6.07) is 6.02. The average Bonchev–Trinajstić information content (AvgIpc) is 2.57. The Morgan fingerprint density at radius 1 is 1.43 bits per heavy atom. The van der Waals surface area contributed by atoms with Crippen molar-refractivity contribution >= 4 is 28.8 Å². The predicted molar refractivity (Wildman–Crippen MR) is 57.7 cm³/mol. The molecule has 0 amide bonds. The van der Waals surface area contributed by atoms with Crippen LogP contribution in [0.1, 0.15) is 12.0 Å². The zero-order chi connectivity index (χ0) is 9.97. The first-order chi connectivity index (χ1) is 6.81. The number of nitrogens with one attached hydrogen (secondary N) is 1. The summed E-state index contributed by atoms with van der Waals surface area (Å²) >= 11 is 5.94. The van der Waals surface area contributed by atoms with Gasteiger partial charge in [0.2, 0.25) is 0 Å². The zero-order valence-corrected chi connectivity index (χ0v) is 8.34. The molecule has 0 aliphatic rings. The number of hydrogen-bond acceptors (Lipinski definition) is 1. The van der Waals surface area contributed by atoms with E-state index in [2.05, 4.69) is 4.98 Å². The second kappa shape index (κ2) is 3.84. The topological polar surface area (TPSA) is 32.9 Å². The highest BCUT2D eigenvalue weighted by Gasteiger charge is 2.01. The molecule has 2 aromatic rings. The molecule has 0 saturated heterocycles. The third-order valence-electron chi connectivity index (χ3n) is 2.25. The fraction of sp³-hybridized carbons (Fsp3) is 0.182. The second-order valence-electron chi connectivity index (χ2n) is 3.22. The molecule has 0 fully saturated rings. The number of rotatable bonds is 3. The van der Waals surface area contributed by atoms with Gasteiger partial charge in [-0.05, 0) is 18.1 Å². The summed E-state index contributed by atoms with van der Waals surface area (Å²) in [6.07, 6.45) is 4.07. The van der Waals surface area contributed by atoms with E-state index in [1.165, 1.54) is 0 Å². The maximum Gasteiger partial charge on any atom is 0.120 e. The lowest BCUT2D eigenvalue weighted by Crippen LogP contribution is -1.85. The largest absolute Gasteiger partial charge is 0.360 e. The van der Waals surface area contributed by atoms with Crippen LogP contribution < -0.4 is 0 Å². The maximum absolute atomic E-state index is 10.2. The summed E-state index contributed by atoms with van der Waals surface area (Å²) in [5.74, 6) is 0. The minimum absolute atomic E-state index is 0.569. The molecule has 1 N–H and O–H groups in total. The van der Waals surface area contributed by atoms with Gasteiger partial charge in [0, 0.05) is 23.5 Å². The third kappa shape index (κ3) is 1.66. The molecule has 0 atom stereocenters. The lowest BCUT2D eigenvalue weighted by molar-refractivity contribution is -0.107. The van der Waals surface area contributed by atoms with Crippen molar-refractivity contribution in [2.75, 3.05) is 0 Å². The van der Waals surface area contributed by atoms with Crippen molar-refractivity contribution in [3.8, 4) is 0 Å². The number of aryl methyl sites for hydroxylation is 1. The molecule has 1 aromatic carbocycles. The van der Waals surface area contributed by atoms with Crippen molar-refractivity contribution in [3.05, 3.63) is 35.0 Å². The summed E-state index contributed by atoms with van der Waals surface area (Å²) in [6.45, 7) is 0. The summed E-state index contributed by atoms with van der Waals surface area (Å²) in [7, 11) is 0. The standard InChI is InChI=1S/C11H10ClNO/c12-10-7-13-11-6-8(2-1-5-14)3-4-9(10)11/h3-7,13H,1-2H2. The first-order valence-electron chi connectivity index (χ1n) is 4.50. The van der Waals surface area contributed by atoms with Gasteiger partial charge in [-0.1, -0.05) is 23.7 Å². The van der Waals surface area contributed by atoms with E-state index in [0.717, 1.165) is 34.2 Å². The quantitative estimate of drug-likeness (QED) is 0.772. The monoisotopic (exact) mass is 207 g/mol. The van der Waals surface area contributed by atoms with Crippen molar-refractivity contribution in [1.29, 1.82) is 0 Å². The first kappa shape index (κ1) is 9.28. The number of aldehydes is 1. The second-order valence-corrected chi connectivity index (χ2v) is 3.63. The number of benzene rings is 1. The molecular formula is C11H10ClNO. The molecule has 0 radical (unpaired) electrons. The number of hydrogen-bond donors (Lipinski definition) is 1. The number of fused-ring (bicyclic) bond motifs is 1. The Balaban J connectivity index is 2.36. The van der Waals surface area contributed by atoms with Crippen molar-refractivity contribution in [1.82, 2.24) is 4.98 Å². The summed E-state index contributed by atoms with van der Waals surface area (Å²) in [5, 5.41) is 1.77. The molecular weight excluding hydrogens is 198 g/mol. The van der Waals surface area contributed by atoms with Gasteiger partial charge in [0.15, 0.2) is 0 Å². The van der Waals surface area contributed by atoms with E-state index < -0.39 is 0 Å². The Morgan fingerprint density at radius 3 is 3.07 bits per heavy atom. The van der Waals surface area contributed by atoms with Crippen LogP contribution in [0.4, 0.5) is 0 Å². The Labute approximate surface area is 86.9 Å². The highest BCUT2D eigenvalue weighted by Crippen LogP contribution is 2.23. The van der Waals surface area contributed by atoms with Gasteiger partial charge >= 0.3 is 0 Å². The van der Waals surface area contributed by atoms with Crippen LogP contribution in [0.5, 0.6) is 0 Å². The van der Waals surface area contributed by atoms with Gasteiger partial charge < -0.3 is 9.78 Å². The predicted octanol–water partition coefficient (Wildman–Crippen LogP) is 2.95. The van der Waals surface area contributed by atoms with E-state index in [-0.39, 0.29) is 0 Å². The Morgan fingerprint density at radius 2 is 2.29 bits per heavy atom. The van der Waals surface area contributed by atoms with Gasteiger partial charge in [0.1, 0.15) is 6.29 Å². The highest BCUT2D eigenvalue weighted by molar-refractivity contribution is 6.35. The molecule has 3 heteroatoms. The lowest BCUT2D eigenvalue weighted by Gasteiger charge is -1.97. The summed E-state index contributed by atoms with van der Waals surface area (Å²) in [4.78, 5) is 13.3. The van der Waals surface area contributed by atoms with Crippen LogP contribution in [0.2, 0.25) is 5.02 Å². The summed E-state index contributed by atoms with van der Waals surface area (Å²) in [5.41, 5.74) is 2.18. The molecule has 1 heterocycles. The van der Waals surface area contributed by atoms with Gasteiger partial charge in [-0.15, -0.1) is 0 Å². The number of carbonyl (C=O) groups excluding carboxylic acids is 1. The zero-order valence-electron chi connectivity index (χ0n) is 7.59. The molecule has 0 saturated carbocycles. The Kier molecular flexibility index (Phi) is 2.55. The normalized spacial score (nSPS) is 10.6. The molecule has 2 rings (SSSR count). The first-order valence-corrected chi connectivity index (χ1v) is 4.88. The number of halogens is 1. The van der Waals surface area contributed by atoms with Crippen LogP contribution >= 0.6 is 11.6 Å². The van der Waals surface area contributed by atoms with Crippen molar-refractivity contribution in [3.63, 3.8) is 0 Å². The number of aromatic nitrogens is 1. The molecule has 1 aromatic heterocycles. The Hall–Kier alpha value is -1.28. The maximum atomic E-state index is 10.2. The molecule has 14 heavy (non-hydrogen) atoms. The van der Waals surface area contributed by atoms with E-state index in [9.17, 15) is 4.79 Å². The van der Waals surface area contributed by atoms with Crippen LogP contribution in [0.15, 0.2) is 24.4 Å². The van der Waals surface area contributed by atoms with Gasteiger partial charge in [0.25, 0.3) is 0 Å². The van der Waals surface area contributed by atoms with Crippen molar-refractivity contribution in [2.24, 2.45) is 0 Å². The number of carbonyl (C=O) groups is 1. The highest BCUT2D eigenvalue weighted by atomic mass is 35.5. The summed E-state index contributed by atoms with van der Waals surface area (Å²) < 4.78 is 0. The van der Waals surface area contributed by atoms with Crippen molar-refractivity contribution < 1.29 is 4.79 Å². The number of aromatic amines is 1. The van der Waals surface area contributed by atoms with Gasteiger partial charge in [-0.2, -0.15) is 0 Å². The third-order valence-corrected chi connectivity index (χ3v) is 2.56. The van der Waals surface area contributed by atoms with E-state index in [4.69, 9.17) is 11.6 Å². The molecule has 0 unspecified atom stereocenters. The van der Waals surface area contributed by atoms with Crippen LogP contribution in [-0.2, 0) is 11.2 Å². The van der Waals surface area contributed by atoms with E-state index in [1.807, 2.05) is 18.2 Å². The fourth-order valence-electron chi connectivity index (χ4n) is 1.52. The average molecular weight is 208 g/mol. The van der Waals surface area contributed by atoms with Gasteiger partial charge in [-0.3, -0.25) is 0 Å². The molecule has 0 bridgehead atoms. The SMILES string of the molecule is O=CCCc1ccc2c(Cl)c[nH]c2c1. The van der Waals surface area contributed by atoms with E-state index in [1.54, 1.807) is 6.20 Å². The minimum atomic E-state index is 0.569. The van der Waals surface area contributed by atoms with Crippen molar-refractivity contribution in [2.45, 2.75) is 12.8 Å². The van der Waals surface area contributed by atoms with Gasteiger partial charge in [0.05, 0.1) is 5.02 Å². The van der Waals surface area contributed by atoms with E-state index >= 15 is 0 Å². The number of H-pyrrole nitrogens is 1. The smallest absolute Gasteiger partial charge is 0.120 e. The van der Waals surface area contributed by atoms with Crippen LogP contribution in [0.25, 0.3) is 10.9 Å². The van der Waals surface area contributed by atoms with E-state index in [0.29, 0.717) is 6.42 Å². The molecule has 2 nitrogen and oxygen atoms in total. The molecule has 0 aliphatic carbocycles. The van der Waals surface area contributed by atoms with Crippen LogP contribution in [-0.4, -0.2) is 11.3 Å². The molecule has 0 spiro atoms.